The van der Waals surface area contributed by atoms with Crippen molar-refractivity contribution in [2.45, 2.75) is 32.7 Å². The van der Waals surface area contributed by atoms with Gasteiger partial charge < -0.3 is 5.73 Å². The van der Waals surface area contributed by atoms with Crippen molar-refractivity contribution in [3.8, 4) is 6.07 Å². The van der Waals surface area contributed by atoms with Crippen molar-refractivity contribution in [3.05, 3.63) is 39.9 Å². The predicted octanol–water partition coefficient (Wildman–Crippen LogP) is 2.40. The van der Waals surface area contributed by atoms with E-state index >= 15 is 0 Å². The van der Waals surface area contributed by atoms with Crippen LogP contribution in [-0.2, 0) is 6.42 Å². The normalized spacial score (nSPS) is 10.7. The molecule has 1 aromatic carbocycles. The number of nitro benzene ring substituents is 1. The van der Waals surface area contributed by atoms with Crippen molar-refractivity contribution in [1.82, 2.24) is 0 Å². The zero-order valence-corrected chi connectivity index (χ0v) is 10.1. The van der Waals surface area contributed by atoms with E-state index < -0.39 is 4.92 Å². The first-order valence-corrected chi connectivity index (χ1v) is 5.49. The molecule has 0 saturated carbocycles. The van der Waals surface area contributed by atoms with Gasteiger partial charge in [0.15, 0.2) is 0 Å². The zero-order valence-electron chi connectivity index (χ0n) is 10.1. The summed E-state index contributed by atoms with van der Waals surface area (Å²) in [5, 5.41) is 18.8. The molecule has 1 aromatic rings. The van der Waals surface area contributed by atoms with Crippen molar-refractivity contribution < 1.29 is 4.92 Å². The minimum Gasteiger partial charge on any atom is -0.326 e. The smallest absolute Gasteiger partial charge is 0.269 e. The van der Waals surface area contributed by atoms with E-state index in [1.807, 2.05) is 19.9 Å². The van der Waals surface area contributed by atoms with Gasteiger partial charge in [-0.05, 0) is 12.0 Å². The Hall–Kier alpha value is -1.93. The Labute approximate surface area is 101 Å². The highest BCUT2D eigenvalue weighted by Crippen LogP contribution is 2.13. The van der Waals surface area contributed by atoms with E-state index in [4.69, 9.17) is 11.0 Å². The summed E-state index contributed by atoms with van der Waals surface area (Å²) in [6, 6.07) is 7.97. The highest BCUT2D eigenvalue weighted by atomic mass is 16.6. The van der Waals surface area contributed by atoms with Crippen molar-refractivity contribution in [2.75, 3.05) is 0 Å². The predicted molar refractivity (Wildman–Crippen MR) is 66.4 cm³/mol. The summed E-state index contributed by atoms with van der Waals surface area (Å²) in [6.45, 7) is 4.00. The van der Waals surface area contributed by atoms with Crippen LogP contribution in [0.5, 0.6) is 0 Å². The molecule has 17 heavy (non-hydrogen) atoms. The van der Waals surface area contributed by atoms with Gasteiger partial charge in [-0.3, -0.25) is 10.1 Å². The molecule has 0 bridgehead atoms. The first kappa shape index (κ1) is 15.1. The molecular formula is C12H17N3O2. The average molecular weight is 235 g/mol. The fourth-order valence-corrected chi connectivity index (χ4v) is 1.25. The molecular weight excluding hydrogens is 218 g/mol. The standard InChI is InChI=1S/C10H11N3O2.C2H6/c11-6-5-9(12)7-8-1-3-10(4-2-8)13(14)15;1-2/h1-4,9H,5,7,12H2;1-2H3. The Morgan fingerprint density at radius 3 is 2.35 bits per heavy atom. The molecule has 0 radical (unpaired) electrons. The Bertz CT molecular complexity index is 382. The van der Waals surface area contributed by atoms with Gasteiger partial charge in [0.05, 0.1) is 17.4 Å². The van der Waals surface area contributed by atoms with Crippen molar-refractivity contribution >= 4 is 5.69 Å². The van der Waals surface area contributed by atoms with Crippen molar-refractivity contribution in [1.29, 1.82) is 5.26 Å². The van der Waals surface area contributed by atoms with Crippen LogP contribution in [0.25, 0.3) is 0 Å². The molecule has 0 aliphatic heterocycles. The first-order chi connectivity index (χ1) is 8.13. The molecule has 0 aromatic heterocycles. The van der Waals surface area contributed by atoms with E-state index in [-0.39, 0.29) is 18.2 Å². The topological polar surface area (TPSA) is 93.0 Å². The summed E-state index contributed by atoms with van der Waals surface area (Å²) in [6.07, 6.45) is 0.850. The maximum atomic E-state index is 10.4. The number of non-ortho nitro benzene ring substituents is 1. The monoisotopic (exact) mass is 235 g/mol. The third kappa shape index (κ3) is 5.64. The lowest BCUT2D eigenvalue weighted by atomic mass is 10.0. The van der Waals surface area contributed by atoms with Gasteiger partial charge >= 0.3 is 0 Å². The van der Waals surface area contributed by atoms with E-state index in [0.717, 1.165) is 5.56 Å². The van der Waals surface area contributed by atoms with Gasteiger partial charge in [0, 0.05) is 18.2 Å². The van der Waals surface area contributed by atoms with Crippen LogP contribution in [-0.4, -0.2) is 11.0 Å². The van der Waals surface area contributed by atoms with Gasteiger partial charge in [-0.25, -0.2) is 0 Å². The van der Waals surface area contributed by atoms with E-state index in [1.165, 1.54) is 12.1 Å². The fraction of sp³-hybridized carbons (Fsp3) is 0.417. The molecule has 5 heteroatoms. The number of rotatable bonds is 4. The molecule has 0 fully saturated rings. The van der Waals surface area contributed by atoms with E-state index in [9.17, 15) is 10.1 Å². The largest absolute Gasteiger partial charge is 0.326 e. The SMILES string of the molecule is CC.N#CCC(N)Cc1ccc([N+](=O)[O-])cc1. The summed E-state index contributed by atoms with van der Waals surface area (Å²) in [5.74, 6) is 0. The van der Waals surface area contributed by atoms with Crippen LogP contribution in [0.3, 0.4) is 0 Å². The molecule has 2 N–H and O–H groups in total. The molecule has 92 valence electrons. The first-order valence-electron chi connectivity index (χ1n) is 5.49. The second-order valence-corrected chi connectivity index (χ2v) is 3.25. The van der Waals surface area contributed by atoms with Crippen LogP contribution < -0.4 is 5.73 Å². The molecule has 0 spiro atoms. The average Bonchev–Trinajstić information content (AvgIpc) is 2.32. The van der Waals surface area contributed by atoms with Crippen LogP contribution in [0.15, 0.2) is 24.3 Å². The second kappa shape index (κ2) is 8.25. The fourth-order valence-electron chi connectivity index (χ4n) is 1.25. The highest BCUT2D eigenvalue weighted by Gasteiger charge is 2.06. The lowest BCUT2D eigenvalue weighted by molar-refractivity contribution is -0.384. The number of nitriles is 1. The Morgan fingerprint density at radius 1 is 1.41 bits per heavy atom. The molecule has 0 saturated heterocycles. The molecule has 5 nitrogen and oxygen atoms in total. The summed E-state index contributed by atoms with van der Waals surface area (Å²) in [5.41, 5.74) is 6.63. The van der Waals surface area contributed by atoms with Crippen molar-refractivity contribution in [2.24, 2.45) is 5.73 Å². The second-order valence-electron chi connectivity index (χ2n) is 3.25. The molecule has 0 aliphatic carbocycles. The number of nitrogens with zero attached hydrogens (tertiary/aromatic N) is 2. The van der Waals surface area contributed by atoms with Crippen LogP contribution >= 0.6 is 0 Å². The van der Waals surface area contributed by atoms with Crippen molar-refractivity contribution in [3.63, 3.8) is 0 Å². The van der Waals surface area contributed by atoms with Gasteiger partial charge in [-0.1, -0.05) is 26.0 Å². The van der Waals surface area contributed by atoms with E-state index in [0.29, 0.717) is 6.42 Å². The van der Waals surface area contributed by atoms with Gasteiger partial charge in [0.2, 0.25) is 0 Å². The minimum absolute atomic E-state index is 0.0626. The molecule has 0 heterocycles. The van der Waals surface area contributed by atoms with Crippen LogP contribution in [0, 0.1) is 21.4 Å². The lowest BCUT2D eigenvalue weighted by Gasteiger charge is -2.06. The Balaban J connectivity index is 0.00000121. The van der Waals surface area contributed by atoms with Gasteiger partial charge in [0.1, 0.15) is 0 Å². The molecule has 1 atom stereocenters. The number of benzene rings is 1. The van der Waals surface area contributed by atoms with E-state index in [2.05, 4.69) is 0 Å². The maximum Gasteiger partial charge on any atom is 0.269 e. The summed E-state index contributed by atoms with van der Waals surface area (Å²) in [7, 11) is 0. The highest BCUT2D eigenvalue weighted by molar-refractivity contribution is 5.33. The van der Waals surface area contributed by atoms with Crippen LogP contribution in [0.2, 0.25) is 0 Å². The Morgan fingerprint density at radius 2 is 1.94 bits per heavy atom. The summed E-state index contributed by atoms with van der Waals surface area (Å²) in [4.78, 5) is 9.93. The van der Waals surface area contributed by atoms with E-state index in [1.54, 1.807) is 12.1 Å². The zero-order chi connectivity index (χ0) is 13.3. The number of nitro groups is 1. The molecule has 1 unspecified atom stereocenters. The molecule has 0 amide bonds. The van der Waals surface area contributed by atoms with Crippen LogP contribution in [0.1, 0.15) is 25.8 Å². The third-order valence-electron chi connectivity index (χ3n) is 2.00. The third-order valence-corrected chi connectivity index (χ3v) is 2.00. The molecule has 0 aliphatic rings. The number of hydrogen-bond acceptors (Lipinski definition) is 4. The van der Waals surface area contributed by atoms with Gasteiger partial charge in [-0.2, -0.15) is 5.26 Å². The lowest BCUT2D eigenvalue weighted by Crippen LogP contribution is -2.21. The minimum atomic E-state index is -0.445. The van der Waals surface area contributed by atoms with Gasteiger partial charge in [0.25, 0.3) is 5.69 Å². The number of nitrogens with two attached hydrogens (primary N) is 1. The Kier molecular flexibility index (Phi) is 7.31. The quantitative estimate of drug-likeness (QED) is 0.640. The molecule has 1 rings (SSSR count). The summed E-state index contributed by atoms with van der Waals surface area (Å²) >= 11 is 0. The number of hydrogen-bond donors (Lipinski definition) is 1. The maximum absolute atomic E-state index is 10.4. The van der Waals surface area contributed by atoms with Gasteiger partial charge in [-0.15, -0.1) is 0 Å². The summed E-state index contributed by atoms with van der Waals surface area (Å²) < 4.78 is 0. The van der Waals surface area contributed by atoms with Crippen LogP contribution in [0.4, 0.5) is 5.69 Å².